The van der Waals surface area contributed by atoms with E-state index in [9.17, 15) is 13.2 Å². The van der Waals surface area contributed by atoms with Gasteiger partial charge in [0.1, 0.15) is 0 Å². The minimum absolute atomic E-state index is 0.169. The van der Waals surface area contributed by atoms with E-state index in [4.69, 9.17) is 18.9 Å². The highest BCUT2D eigenvalue weighted by atomic mass is 32.2. The van der Waals surface area contributed by atoms with Crippen LogP contribution in [0.1, 0.15) is 5.56 Å². The van der Waals surface area contributed by atoms with E-state index in [1.165, 1.54) is 43.8 Å². The van der Waals surface area contributed by atoms with Crippen molar-refractivity contribution in [3.63, 3.8) is 0 Å². The number of nitrogens with one attached hydrogen (secondary N) is 1. The van der Waals surface area contributed by atoms with Gasteiger partial charge in [0.2, 0.25) is 21.7 Å². The standard InChI is InChI=1S/C22H26N2O7S/c1-28-19-10-4-16(21(29-2)22(19)30-3)5-11-20(25)23-17-6-8-18(9-7-17)32(26,27)24-12-14-31-15-13-24/h4-11H,12-15H2,1-3H3,(H,23,25)/b11-5+. The number of hydrogen-bond acceptors (Lipinski definition) is 7. The van der Waals surface area contributed by atoms with E-state index in [1.807, 2.05) is 0 Å². The van der Waals surface area contributed by atoms with Crippen molar-refractivity contribution >= 4 is 27.7 Å². The fraction of sp³-hybridized carbons (Fsp3) is 0.318. The highest BCUT2D eigenvalue weighted by molar-refractivity contribution is 7.89. The third-order valence-corrected chi connectivity index (χ3v) is 6.79. The van der Waals surface area contributed by atoms with E-state index in [0.717, 1.165) is 0 Å². The van der Waals surface area contributed by atoms with Crippen LogP contribution in [0.2, 0.25) is 0 Å². The number of rotatable bonds is 8. The average molecular weight is 463 g/mol. The lowest BCUT2D eigenvalue weighted by molar-refractivity contribution is -0.111. The van der Waals surface area contributed by atoms with Gasteiger partial charge >= 0.3 is 0 Å². The Morgan fingerprint density at radius 3 is 2.22 bits per heavy atom. The molecule has 0 saturated carbocycles. The maximum atomic E-state index is 12.7. The maximum absolute atomic E-state index is 12.7. The zero-order chi connectivity index (χ0) is 23.1. The fourth-order valence-electron chi connectivity index (χ4n) is 3.25. The lowest BCUT2D eigenvalue weighted by atomic mass is 10.1. The summed E-state index contributed by atoms with van der Waals surface area (Å²) in [6, 6.07) is 9.51. The summed E-state index contributed by atoms with van der Waals surface area (Å²) in [5.41, 5.74) is 1.10. The Balaban J connectivity index is 1.70. The summed E-state index contributed by atoms with van der Waals surface area (Å²) in [4.78, 5) is 12.5. The molecule has 1 N–H and O–H groups in total. The van der Waals surface area contributed by atoms with Gasteiger partial charge in [-0.2, -0.15) is 4.31 Å². The molecule has 0 radical (unpaired) electrons. The molecule has 1 amide bonds. The summed E-state index contributed by atoms with van der Waals surface area (Å²) in [7, 11) is 0.947. The number of benzene rings is 2. The molecule has 1 heterocycles. The van der Waals surface area contributed by atoms with Crippen LogP contribution in [0.4, 0.5) is 5.69 Å². The molecule has 1 saturated heterocycles. The molecule has 1 aliphatic rings. The van der Waals surface area contributed by atoms with Crippen molar-refractivity contribution in [1.82, 2.24) is 4.31 Å². The molecule has 1 fully saturated rings. The van der Waals surface area contributed by atoms with Crippen molar-refractivity contribution in [2.75, 3.05) is 52.9 Å². The minimum atomic E-state index is -3.58. The lowest BCUT2D eigenvalue weighted by Crippen LogP contribution is -2.40. The van der Waals surface area contributed by atoms with E-state index in [0.29, 0.717) is 54.8 Å². The summed E-state index contributed by atoms with van der Waals surface area (Å²) in [6.45, 7) is 1.41. The Morgan fingerprint density at radius 2 is 1.62 bits per heavy atom. The summed E-state index contributed by atoms with van der Waals surface area (Å²) in [6.07, 6.45) is 2.94. The second-order valence-electron chi connectivity index (χ2n) is 6.79. The Morgan fingerprint density at radius 1 is 0.969 bits per heavy atom. The minimum Gasteiger partial charge on any atom is -0.493 e. The van der Waals surface area contributed by atoms with Crippen LogP contribution < -0.4 is 19.5 Å². The van der Waals surface area contributed by atoms with E-state index >= 15 is 0 Å². The smallest absolute Gasteiger partial charge is 0.248 e. The first-order valence-corrected chi connectivity index (χ1v) is 11.3. The van der Waals surface area contributed by atoms with Gasteiger partial charge in [-0.3, -0.25) is 4.79 Å². The van der Waals surface area contributed by atoms with Crippen molar-refractivity contribution in [3.05, 3.63) is 48.0 Å². The summed E-state index contributed by atoms with van der Waals surface area (Å²) in [5.74, 6) is 0.992. The average Bonchev–Trinajstić information content (AvgIpc) is 2.82. The Labute approximate surface area is 187 Å². The fourth-order valence-corrected chi connectivity index (χ4v) is 4.66. The third kappa shape index (κ3) is 5.21. The number of hydrogen-bond donors (Lipinski definition) is 1. The van der Waals surface area contributed by atoms with Gasteiger partial charge in [0.05, 0.1) is 39.4 Å². The number of sulfonamides is 1. The molecule has 1 aliphatic heterocycles. The summed E-state index contributed by atoms with van der Waals surface area (Å²) < 4.78 is 47.9. The van der Waals surface area contributed by atoms with E-state index < -0.39 is 10.0 Å². The van der Waals surface area contributed by atoms with Crippen molar-refractivity contribution in [3.8, 4) is 17.2 Å². The highest BCUT2D eigenvalue weighted by Crippen LogP contribution is 2.40. The van der Waals surface area contributed by atoms with Gasteiger partial charge in [-0.25, -0.2) is 8.42 Å². The molecule has 172 valence electrons. The number of amides is 1. The van der Waals surface area contributed by atoms with Crippen LogP contribution in [0.3, 0.4) is 0 Å². The number of anilines is 1. The zero-order valence-electron chi connectivity index (χ0n) is 18.2. The maximum Gasteiger partial charge on any atom is 0.248 e. The topological polar surface area (TPSA) is 103 Å². The van der Waals surface area contributed by atoms with E-state index in [2.05, 4.69) is 5.32 Å². The van der Waals surface area contributed by atoms with Crippen molar-refractivity contribution in [2.45, 2.75) is 4.90 Å². The van der Waals surface area contributed by atoms with Crippen LogP contribution in [-0.2, 0) is 19.6 Å². The SMILES string of the molecule is COc1ccc(/C=C/C(=O)Nc2ccc(S(=O)(=O)N3CCOCC3)cc2)c(OC)c1OC. The monoisotopic (exact) mass is 462 g/mol. The molecule has 0 atom stereocenters. The van der Waals surface area contributed by atoms with Gasteiger partial charge in [0.25, 0.3) is 0 Å². The lowest BCUT2D eigenvalue weighted by Gasteiger charge is -2.26. The predicted molar refractivity (Wildman–Crippen MR) is 120 cm³/mol. The normalized spacial score (nSPS) is 14.8. The number of morpholine rings is 1. The van der Waals surface area contributed by atoms with E-state index in [-0.39, 0.29) is 10.8 Å². The first-order valence-electron chi connectivity index (χ1n) is 9.86. The summed E-state index contributed by atoms with van der Waals surface area (Å²) in [5, 5.41) is 2.71. The van der Waals surface area contributed by atoms with Crippen LogP contribution in [0.5, 0.6) is 17.2 Å². The van der Waals surface area contributed by atoms with Gasteiger partial charge in [-0.05, 0) is 42.5 Å². The van der Waals surface area contributed by atoms with Crippen LogP contribution in [-0.4, -0.2) is 66.3 Å². The molecule has 9 nitrogen and oxygen atoms in total. The summed E-state index contributed by atoms with van der Waals surface area (Å²) >= 11 is 0. The van der Waals surface area contributed by atoms with Gasteiger partial charge < -0.3 is 24.3 Å². The molecule has 0 unspecified atom stereocenters. The van der Waals surface area contributed by atoms with Crippen molar-refractivity contribution in [1.29, 1.82) is 0 Å². The van der Waals surface area contributed by atoms with Crippen LogP contribution in [0.25, 0.3) is 6.08 Å². The number of ether oxygens (including phenoxy) is 4. The molecule has 0 aliphatic carbocycles. The Hall–Kier alpha value is -3.08. The number of methoxy groups -OCH3 is 3. The molecule has 10 heteroatoms. The molecular formula is C22H26N2O7S. The molecule has 0 aromatic heterocycles. The molecule has 3 rings (SSSR count). The molecule has 2 aromatic carbocycles. The highest BCUT2D eigenvalue weighted by Gasteiger charge is 2.26. The second-order valence-corrected chi connectivity index (χ2v) is 8.72. The molecule has 0 bridgehead atoms. The number of carbonyl (C=O) groups is 1. The zero-order valence-corrected chi connectivity index (χ0v) is 19.0. The Kier molecular flexibility index (Phi) is 7.73. The van der Waals surface area contributed by atoms with Crippen LogP contribution in [0.15, 0.2) is 47.4 Å². The molecular weight excluding hydrogens is 436 g/mol. The molecule has 2 aromatic rings. The number of carbonyl (C=O) groups excluding carboxylic acids is 1. The van der Waals surface area contributed by atoms with Gasteiger partial charge in [0, 0.05) is 30.4 Å². The molecule has 0 spiro atoms. The number of nitrogens with zero attached hydrogens (tertiary/aromatic N) is 1. The van der Waals surface area contributed by atoms with Crippen molar-refractivity contribution < 1.29 is 32.2 Å². The van der Waals surface area contributed by atoms with Gasteiger partial charge in [-0.15, -0.1) is 0 Å². The second kappa shape index (κ2) is 10.5. The Bertz CT molecular complexity index is 1080. The van der Waals surface area contributed by atoms with Gasteiger partial charge in [0.15, 0.2) is 11.5 Å². The molecule has 32 heavy (non-hydrogen) atoms. The third-order valence-electron chi connectivity index (χ3n) is 4.88. The largest absolute Gasteiger partial charge is 0.493 e. The first kappa shape index (κ1) is 23.6. The first-order chi connectivity index (χ1) is 15.4. The van der Waals surface area contributed by atoms with E-state index in [1.54, 1.807) is 30.3 Å². The van der Waals surface area contributed by atoms with Crippen LogP contribution in [0, 0.1) is 0 Å². The predicted octanol–water partition coefficient (Wildman–Crippen LogP) is 2.39. The quantitative estimate of drug-likeness (QED) is 0.601. The van der Waals surface area contributed by atoms with Crippen molar-refractivity contribution in [2.24, 2.45) is 0 Å². The van der Waals surface area contributed by atoms with Gasteiger partial charge in [-0.1, -0.05) is 0 Å². The van der Waals surface area contributed by atoms with Crippen LogP contribution >= 0.6 is 0 Å².